The molecule has 0 radical (unpaired) electrons. The van der Waals surface area contributed by atoms with Crippen molar-refractivity contribution in [2.45, 2.75) is 0 Å². The Bertz CT molecular complexity index is 976. The molecule has 1 N–H and O–H groups in total. The average Bonchev–Trinajstić information content (AvgIpc) is 3.08. The maximum atomic E-state index is 13.3. The number of nitrogens with one attached hydrogen (secondary N) is 1. The van der Waals surface area contributed by atoms with Gasteiger partial charge in [0.1, 0.15) is 10.7 Å². The fraction of sp³-hybridized carbons (Fsp3) is 0.0588. The van der Waals surface area contributed by atoms with Gasteiger partial charge in [-0.3, -0.25) is 4.79 Å². The van der Waals surface area contributed by atoms with Crippen molar-refractivity contribution < 1.29 is 18.7 Å². The highest BCUT2D eigenvalue weighted by Gasteiger charge is 2.16. The Morgan fingerprint density at radius 1 is 1.23 bits per heavy atom. The summed E-state index contributed by atoms with van der Waals surface area (Å²) in [6, 6.07) is 7.96. The Morgan fingerprint density at radius 3 is 2.65 bits per heavy atom. The van der Waals surface area contributed by atoms with Crippen LogP contribution in [-0.4, -0.2) is 29.0 Å². The van der Waals surface area contributed by atoms with E-state index < -0.39 is 17.8 Å². The third-order valence-electron chi connectivity index (χ3n) is 3.43. The number of hydrogen-bond donors (Lipinski definition) is 1. The molecular formula is C17H11ClFN3O3S. The molecule has 1 amide bonds. The second kappa shape index (κ2) is 7.59. The molecule has 0 saturated heterocycles. The number of methoxy groups -OCH3 is 1. The summed E-state index contributed by atoms with van der Waals surface area (Å²) in [7, 11) is 1.29. The quantitative estimate of drug-likeness (QED) is 0.679. The Balaban J connectivity index is 1.83. The molecule has 0 aliphatic heterocycles. The van der Waals surface area contributed by atoms with E-state index in [9.17, 15) is 14.0 Å². The molecule has 0 bridgehead atoms. The number of aromatic nitrogens is 2. The minimum absolute atomic E-state index is 0.121. The number of carbonyl (C=O) groups is 2. The topological polar surface area (TPSA) is 81.2 Å². The lowest BCUT2D eigenvalue weighted by atomic mass is 10.0. The van der Waals surface area contributed by atoms with Gasteiger partial charge in [-0.05, 0) is 30.3 Å². The van der Waals surface area contributed by atoms with Crippen LogP contribution in [0.25, 0.3) is 11.1 Å². The van der Waals surface area contributed by atoms with Crippen LogP contribution in [0.3, 0.4) is 0 Å². The maximum Gasteiger partial charge on any atom is 0.337 e. The zero-order valence-electron chi connectivity index (χ0n) is 13.3. The monoisotopic (exact) mass is 391 g/mol. The highest BCUT2D eigenvalue weighted by Crippen LogP contribution is 2.29. The maximum absolute atomic E-state index is 13.3. The van der Waals surface area contributed by atoms with Crippen LogP contribution < -0.4 is 5.32 Å². The van der Waals surface area contributed by atoms with Crippen LogP contribution in [0, 0.1) is 5.95 Å². The fourth-order valence-electron chi connectivity index (χ4n) is 2.17. The molecule has 0 aliphatic rings. The van der Waals surface area contributed by atoms with Crippen molar-refractivity contribution in [1.82, 2.24) is 9.97 Å². The van der Waals surface area contributed by atoms with Crippen LogP contribution in [-0.2, 0) is 4.74 Å². The van der Waals surface area contributed by atoms with Gasteiger partial charge in [-0.15, -0.1) is 11.3 Å². The van der Waals surface area contributed by atoms with Crippen LogP contribution in [0.5, 0.6) is 0 Å². The van der Waals surface area contributed by atoms with Crippen molar-refractivity contribution in [2.75, 3.05) is 12.4 Å². The number of nitrogens with zero attached hydrogens (tertiary/aromatic N) is 2. The first-order valence-electron chi connectivity index (χ1n) is 7.24. The summed E-state index contributed by atoms with van der Waals surface area (Å²) in [6.07, 6.45) is 1.49. The first-order valence-corrected chi connectivity index (χ1v) is 8.50. The molecule has 26 heavy (non-hydrogen) atoms. The smallest absolute Gasteiger partial charge is 0.337 e. The van der Waals surface area contributed by atoms with Crippen molar-refractivity contribution in [3.63, 3.8) is 0 Å². The van der Waals surface area contributed by atoms with E-state index in [4.69, 9.17) is 16.3 Å². The predicted molar refractivity (Wildman–Crippen MR) is 96.0 cm³/mol. The molecule has 132 valence electrons. The van der Waals surface area contributed by atoms with Crippen molar-refractivity contribution >= 4 is 40.6 Å². The van der Waals surface area contributed by atoms with E-state index in [1.807, 2.05) is 0 Å². The molecule has 0 spiro atoms. The molecular weight excluding hydrogens is 381 g/mol. The normalized spacial score (nSPS) is 10.4. The Labute approximate surface area is 156 Å². The molecule has 3 aromatic rings. The number of carbonyl (C=O) groups excluding carboxylic acids is 2. The van der Waals surface area contributed by atoms with Gasteiger partial charge in [-0.25, -0.2) is 14.8 Å². The molecule has 9 heteroatoms. The van der Waals surface area contributed by atoms with Gasteiger partial charge in [-0.2, -0.15) is 4.39 Å². The Hall–Kier alpha value is -2.84. The van der Waals surface area contributed by atoms with E-state index in [0.717, 1.165) is 11.3 Å². The molecule has 0 atom stereocenters. The summed E-state index contributed by atoms with van der Waals surface area (Å²) in [5.74, 6) is -1.69. The van der Waals surface area contributed by atoms with E-state index in [2.05, 4.69) is 15.3 Å². The number of amides is 1. The van der Waals surface area contributed by atoms with Gasteiger partial charge in [0.05, 0.1) is 18.2 Å². The molecule has 0 aliphatic carbocycles. The van der Waals surface area contributed by atoms with Crippen LogP contribution >= 0.6 is 22.9 Å². The largest absolute Gasteiger partial charge is 0.465 e. The molecule has 3 rings (SSSR count). The summed E-state index contributed by atoms with van der Waals surface area (Å²) in [4.78, 5) is 31.0. The van der Waals surface area contributed by atoms with E-state index in [1.54, 1.807) is 30.3 Å². The highest BCUT2D eigenvalue weighted by atomic mass is 35.5. The molecule has 2 heterocycles. The van der Waals surface area contributed by atoms with E-state index >= 15 is 0 Å². The number of rotatable bonds is 4. The SMILES string of the molecule is COC(=O)c1ccc(Cl)c(-c2ccc(NC(=O)c3scnc3F)nc2)c1. The summed E-state index contributed by atoms with van der Waals surface area (Å²) < 4.78 is 18.0. The molecule has 2 aromatic heterocycles. The molecule has 0 unspecified atom stereocenters. The standard InChI is InChI=1S/C17H11ClFN3O3S/c1-25-17(24)9-2-4-12(18)11(6-9)10-3-5-13(20-7-10)22-16(23)14-15(19)21-8-26-14/h2-8H,1H3,(H,20,22,23). The summed E-state index contributed by atoms with van der Waals surface area (Å²) in [5, 5.41) is 2.92. The van der Waals surface area contributed by atoms with Crippen molar-refractivity contribution in [1.29, 1.82) is 0 Å². The minimum Gasteiger partial charge on any atom is -0.465 e. The minimum atomic E-state index is -0.824. The second-order valence-electron chi connectivity index (χ2n) is 5.04. The number of esters is 1. The Kier molecular flexibility index (Phi) is 5.24. The zero-order chi connectivity index (χ0) is 18.7. The third kappa shape index (κ3) is 3.71. The first-order chi connectivity index (χ1) is 12.5. The second-order valence-corrected chi connectivity index (χ2v) is 6.31. The number of thiazole rings is 1. The number of pyridine rings is 1. The van der Waals surface area contributed by atoms with Crippen LogP contribution in [0.1, 0.15) is 20.0 Å². The molecule has 0 fully saturated rings. The lowest BCUT2D eigenvalue weighted by molar-refractivity contribution is 0.0600. The molecule has 6 nitrogen and oxygen atoms in total. The summed E-state index contributed by atoms with van der Waals surface area (Å²) in [5.41, 5.74) is 2.83. The van der Waals surface area contributed by atoms with E-state index in [-0.39, 0.29) is 10.7 Å². The van der Waals surface area contributed by atoms with Gasteiger partial charge in [0, 0.05) is 22.3 Å². The molecule has 1 aromatic carbocycles. The van der Waals surface area contributed by atoms with Gasteiger partial charge >= 0.3 is 5.97 Å². The highest BCUT2D eigenvalue weighted by molar-refractivity contribution is 7.11. The summed E-state index contributed by atoms with van der Waals surface area (Å²) in [6.45, 7) is 0. The third-order valence-corrected chi connectivity index (χ3v) is 4.56. The summed E-state index contributed by atoms with van der Waals surface area (Å²) >= 11 is 7.09. The van der Waals surface area contributed by atoms with Crippen molar-refractivity contribution in [2.24, 2.45) is 0 Å². The number of hydrogen-bond acceptors (Lipinski definition) is 6. The number of anilines is 1. The molecule has 0 saturated carbocycles. The van der Waals surface area contributed by atoms with Gasteiger partial charge in [0.15, 0.2) is 0 Å². The van der Waals surface area contributed by atoms with Crippen molar-refractivity contribution in [3.8, 4) is 11.1 Å². The van der Waals surface area contributed by atoms with Gasteiger partial charge in [0.25, 0.3) is 5.91 Å². The first kappa shape index (κ1) is 18.0. The number of benzene rings is 1. The Morgan fingerprint density at radius 2 is 2.04 bits per heavy atom. The van der Waals surface area contributed by atoms with E-state index in [0.29, 0.717) is 21.7 Å². The van der Waals surface area contributed by atoms with Crippen molar-refractivity contribution in [3.05, 3.63) is 63.5 Å². The average molecular weight is 392 g/mol. The van der Waals surface area contributed by atoms with Crippen LogP contribution in [0.15, 0.2) is 42.0 Å². The van der Waals surface area contributed by atoms with Crippen LogP contribution in [0.4, 0.5) is 10.2 Å². The number of ether oxygens (including phenoxy) is 1. The fourth-order valence-corrected chi connectivity index (χ4v) is 2.96. The van der Waals surface area contributed by atoms with Gasteiger partial charge < -0.3 is 10.1 Å². The van der Waals surface area contributed by atoms with Gasteiger partial charge in [-0.1, -0.05) is 11.6 Å². The lowest BCUT2D eigenvalue weighted by Gasteiger charge is -2.08. The van der Waals surface area contributed by atoms with E-state index in [1.165, 1.54) is 18.8 Å². The van der Waals surface area contributed by atoms with Gasteiger partial charge in [0.2, 0.25) is 5.95 Å². The zero-order valence-corrected chi connectivity index (χ0v) is 14.9. The number of halogens is 2. The predicted octanol–water partition coefficient (Wildman–Crippen LogP) is 4.04. The lowest BCUT2D eigenvalue weighted by Crippen LogP contribution is -2.12. The van der Waals surface area contributed by atoms with Crippen LogP contribution in [0.2, 0.25) is 5.02 Å².